The molecule has 2 aliphatic rings. The van der Waals surface area contributed by atoms with Gasteiger partial charge in [0.15, 0.2) is 11.5 Å². The Morgan fingerprint density at radius 2 is 2.00 bits per heavy atom. The molecule has 32 heavy (non-hydrogen) atoms. The minimum atomic E-state index is 0.410. The molecule has 0 unspecified atom stereocenters. The van der Waals surface area contributed by atoms with Gasteiger partial charge >= 0.3 is 0 Å². The van der Waals surface area contributed by atoms with Gasteiger partial charge in [0.05, 0.1) is 13.7 Å². The van der Waals surface area contributed by atoms with Gasteiger partial charge in [0.25, 0.3) is 0 Å². The van der Waals surface area contributed by atoms with Crippen LogP contribution in [0, 0.1) is 0 Å². The second kappa shape index (κ2) is 9.53. The van der Waals surface area contributed by atoms with Gasteiger partial charge in [0.2, 0.25) is 0 Å². The van der Waals surface area contributed by atoms with Crippen molar-refractivity contribution in [3.05, 3.63) is 66.0 Å². The second-order valence-corrected chi connectivity index (χ2v) is 8.43. The van der Waals surface area contributed by atoms with Crippen molar-refractivity contribution in [3.63, 3.8) is 0 Å². The van der Waals surface area contributed by atoms with Gasteiger partial charge in [-0.1, -0.05) is 6.07 Å². The number of aromatic nitrogens is 2. The molecule has 3 heterocycles. The Kier molecular flexibility index (Phi) is 6.16. The number of hydrogen-bond acceptors (Lipinski definition) is 6. The van der Waals surface area contributed by atoms with Crippen LogP contribution in [-0.2, 0) is 13.1 Å². The van der Waals surface area contributed by atoms with Crippen LogP contribution in [0.15, 0.2) is 54.9 Å². The van der Waals surface area contributed by atoms with E-state index in [4.69, 9.17) is 14.2 Å². The molecule has 2 aromatic carbocycles. The zero-order valence-electron chi connectivity index (χ0n) is 18.5. The van der Waals surface area contributed by atoms with Crippen molar-refractivity contribution in [2.75, 3.05) is 38.7 Å². The third-order valence-corrected chi connectivity index (χ3v) is 6.06. The van der Waals surface area contributed by atoms with Gasteiger partial charge in [0, 0.05) is 48.8 Å². The van der Waals surface area contributed by atoms with Crippen LogP contribution in [0.5, 0.6) is 17.2 Å². The highest BCUT2D eigenvalue weighted by Crippen LogP contribution is 2.33. The van der Waals surface area contributed by atoms with E-state index in [9.17, 15) is 0 Å². The van der Waals surface area contributed by atoms with Crippen LogP contribution in [0.4, 0.5) is 5.69 Å². The van der Waals surface area contributed by atoms with Crippen LogP contribution in [0.25, 0.3) is 0 Å². The van der Waals surface area contributed by atoms with Crippen molar-refractivity contribution in [2.45, 2.75) is 32.0 Å². The van der Waals surface area contributed by atoms with E-state index >= 15 is 0 Å². The van der Waals surface area contributed by atoms with Crippen LogP contribution in [0.2, 0.25) is 0 Å². The van der Waals surface area contributed by atoms with E-state index in [-0.39, 0.29) is 0 Å². The molecule has 1 saturated heterocycles. The molecule has 1 N–H and O–H groups in total. The molecule has 3 aromatic rings. The van der Waals surface area contributed by atoms with Crippen LogP contribution < -0.4 is 19.5 Å². The molecule has 168 valence electrons. The number of fused-ring (bicyclic) bond motifs is 1. The molecule has 7 heteroatoms. The highest BCUT2D eigenvalue weighted by atomic mass is 16.6. The maximum atomic E-state index is 5.73. The molecule has 7 nitrogen and oxygen atoms in total. The van der Waals surface area contributed by atoms with Crippen molar-refractivity contribution in [2.24, 2.45) is 0 Å². The summed E-state index contributed by atoms with van der Waals surface area (Å²) in [6.45, 7) is 4.98. The number of nitrogens with one attached hydrogen (secondary N) is 1. The zero-order chi connectivity index (χ0) is 21.8. The number of rotatable bonds is 7. The fourth-order valence-electron chi connectivity index (χ4n) is 4.57. The normalized spacial score (nSPS) is 18.3. The van der Waals surface area contributed by atoms with Crippen molar-refractivity contribution >= 4 is 5.69 Å². The molecule has 1 atom stereocenters. The van der Waals surface area contributed by atoms with Gasteiger partial charge in [-0.2, -0.15) is 5.10 Å². The first-order valence-electron chi connectivity index (χ1n) is 11.3. The highest BCUT2D eigenvalue weighted by molar-refractivity contribution is 5.55. The molecular weight excluding hydrogens is 404 g/mol. The summed E-state index contributed by atoms with van der Waals surface area (Å²) in [5.74, 6) is 2.57. The molecule has 0 saturated carbocycles. The molecule has 2 aliphatic heterocycles. The van der Waals surface area contributed by atoms with Gasteiger partial charge in [-0.05, 0) is 55.3 Å². The Morgan fingerprint density at radius 1 is 1.09 bits per heavy atom. The van der Waals surface area contributed by atoms with Crippen molar-refractivity contribution in [1.29, 1.82) is 0 Å². The number of piperidine rings is 1. The summed E-state index contributed by atoms with van der Waals surface area (Å²) in [5.41, 5.74) is 3.54. The van der Waals surface area contributed by atoms with Crippen molar-refractivity contribution < 1.29 is 14.2 Å². The first kappa shape index (κ1) is 20.7. The van der Waals surface area contributed by atoms with Crippen LogP contribution in [0.1, 0.15) is 24.0 Å². The number of hydrogen-bond donors (Lipinski definition) is 1. The Hall–Kier alpha value is -3.19. The van der Waals surface area contributed by atoms with Gasteiger partial charge in [0.1, 0.15) is 19.0 Å². The standard InChI is InChI=1S/C25H30N4O3/c1-30-23-7-5-19(14-20(23)17-29-11-3-9-26-29)16-28-10-2-4-22(18-28)27-21-6-8-24-25(15-21)32-13-12-31-24/h3,5-9,11,14-15,22,27H,2,4,10,12-13,16-18H2,1H3/t22-/m1/s1. The molecule has 1 fully saturated rings. The largest absolute Gasteiger partial charge is 0.496 e. The first-order chi connectivity index (χ1) is 15.8. The Bertz CT molecular complexity index is 1040. The summed E-state index contributed by atoms with van der Waals surface area (Å²) >= 11 is 0. The van der Waals surface area contributed by atoms with Gasteiger partial charge in [-0.25, -0.2) is 0 Å². The number of nitrogens with zero attached hydrogens (tertiary/aromatic N) is 3. The van der Waals surface area contributed by atoms with E-state index in [1.807, 2.05) is 23.0 Å². The number of anilines is 1. The summed E-state index contributed by atoms with van der Waals surface area (Å²) in [7, 11) is 1.72. The molecule has 0 bridgehead atoms. The lowest BCUT2D eigenvalue weighted by Crippen LogP contribution is -2.41. The topological polar surface area (TPSA) is 60.8 Å². The maximum Gasteiger partial charge on any atom is 0.163 e. The Morgan fingerprint density at radius 3 is 2.84 bits per heavy atom. The lowest BCUT2D eigenvalue weighted by Gasteiger charge is -2.34. The van der Waals surface area contributed by atoms with Crippen LogP contribution >= 0.6 is 0 Å². The van der Waals surface area contributed by atoms with Gasteiger partial charge < -0.3 is 19.5 Å². The average Bonchev–Trinajstić information content (AvgIpc) is 3.33. The predicted molar refractivity (Wildman–Crippen MR) is 124 cm³/mol. The smallest absolute Gasteiger partial charge is 0.163 e. The Labute approximate surface area is 188 Å². The maximum absolute atomic E-state index is 5.73. The quantitative estimate of drug-likeness (QED) is 0.611. The number of ether oxygens (including phenoxy) is 3. The van der Waals surface area contributed by atoms with E-state index in [1.54, 1.807) is 13.3 Å². The SMILES string of the molecule is COc1ccc(CN2CCC[C@@H](Nc3ccc4c(c3)OCCO4)C2)cc1Cn1cccn1. The summed E-state index contributed by atoms with van der Waals surface area (Å²) in [6.07, 6.45) is 6.13. The number of benzene rings is 2. The van der Waals surface area contributed by atoms with Gasteiger partial charge in [-0.3, -0.25) is 9.58 Å². The molecule has 1 aromatic heterocycles. The summed E-state index contributed by atoms with van der Waals surface area (Å²) < 4.78 is 18.9. The lowest BCUT2D eigenvalue weighted by atomic mass is 10.0. The number of methoxy groups -OCH3 is 1. The highest BCUT2D eigenvalue weighted by Gasteiger charge is 2.21. The lowest BCUT2D eigenvalue weighted by molar-refractivity contribution is 0.171. The first-order valence-corrected chi connectivity index (χ1v) is 11.3. The summed E-state index contributed by atoms with van der Waals surface area (Å²) in [4.78, 5) is 2.53. The average molecular weight is 435 g/mol. The van der Waals surface area contributed by atoms with Gasteiger partial charge in [-0.15, -0.1) is 0 Å². The monoisotopic (exact) mass is 434 g/mol. The minimum absolute atomic E-state index is 0.410. The van der Waals surface area contributed by atoms with E-state index in [0.29, 0.717) is 25.8 Å². The zero-order valence-corrected chi connectivity index (χ0v) is 18.5. The molecule has 5 rings (SSSR count). The van der Waals surface area contributed by atoms with E-state index in [0.717, 1.165) is 54.6 Å². The van der Waals surface area contributed by atoms with Crippen LogP contribution in [0.3, 0.4) is 0 Å². The van der Waals surface area contributed by atoms with E-state index in [2.05, 4.69) is 45.6 Å². The molecule has 0 amide bonds. The van der Waals surface area contributed by atoms with Crippen molar-refractivity contribution in [1.82, 2.24) is 14.7 Å². The molecular formula is C25H30N4O3. The third kappa shape index (κ3) is 4.83. The van der Waals surface area contributed by atoms with E-state index < -0.39 is 0 Å². The molecule has 0 radical (unpaired) electrons. The molecule has 0 aliphatic carbocycles. The van der Waals surface area contributed by atoms with E-state index in [1.165, 1.54) is 12.0 Å². The molecule has 0 spiro atoms. The Balaban J connectivity index is 1.23. The fourth-order valence-corrected chi connectivity index (χ4v) is 4.57. The summed E-state index contributed by atoms with van der Waals surface area (Å²) in [5, 5.41) is 8.03. The second-order valence-electron chi connectivity index (χ2n) is 8.43. The minimum Gasteiger partial charge on any atom is -0.496 e. The number of likely N-dealkylation sites (tertiary alicyclic amines) is 1. The predicted octanol–water partition coefficient (Wildman–Crippen LogP) is 3.79. The van der Waals surface area contributed by atoms with Crippen LogP contribution in [-0.4, -0.2) is 54.1 Å². The van der Waals surface area contributed by atoms with Crippen molar-refractivity contribution in [3.8, 4) is 17.2 Å². The fraction of sp³-hybridized carbons (Fsp3) is 0.400. The summed E-state index contributed by atoms with van der Waals surface area (Å²) in [6, 6.07) is 15.0. The third-order valence-electron chi connectivity index (χ3n) is 6.06.